The van der Waals surface area contributed by atoms with Gasteiger partial charge in [-0.2, -0.15) is 4.98 Å². The number of rotatable bonds is 6. The van der Waals surface area contributed by atoms with Crippen LogP contribution in [0.2, 0.25) is 0 Å². The molecule has 11 heteroatoms. The number of sulfonamides is 1. The number of aromatic nitrogens is 3. The average Bonchev–Trinajstić information content (AvgIpc) is 3.23. The highest BCUT2D eigenvalue weighted by Gasteiger charge is 2.34. The van der Waals surface area contributed by atoms with E-state index in [1.54, 1.807) is 6.92 Å². The summed E-state index contributed by atoms with van der Waals surface area (Å²) in [5, 5.41) is 23.8. The molecule has 0 spiro atoms. The van der Waals surface area contributed by atoms with Gasteiger partial charge in [0.2, 0.25) is 16.0 Å². The Morgan fingerprint density at radius 2 is 1.97 bits per heavy atom. The number of nitrogens with one attached hydrogen (secondary N) is 2. The zero-order valence-electron chi connectivity index (χ0n) is 16.5. The van der Waals surface area contributed by atoms with Gasteiger partial charge >= 0.3 is 0 Å². The second kappa shape index (κ2) is 8.06. The minimum Gasteiger partial charge on any atom is -0.396 e. The highest BCUT2D eigenvalue weighted by Crippen LogP contribution is 2.38. The Labute approximate surface area is 178 Å². The van der Waals surface area contributed by atoms with E-state index in [2.05, 4.69) is 20.0 Å². The molecule has 1 fully saturated rings. The van der Waals surface area contributed by atoms with Gasteiger partial charge < -0.3 is 15.5 Å². The molecule has 1 saturated carbocycles. The Morgan fingerprint density at radius 1 is 1.20 bits per heavy atom. The van der Waals surface area contributed by atoms with Crippen molar-refractivity contribution in [2.24, 2.45) is 5.92 Å². The molecule has 2 aromatic heterocycles. The molecule has 1 aliphatic rings. The molecule has 0 aliphatic heterocycles. The Bertz CT molecular complexity index is 1150. The Morgan fingerprint density at radius 3 is 2.63 bits per heavy atom. The van der Waals surface area contributed by atoms with Gasteiger partial charge in [0, 0.05) is 6.61 Å². The molecule has 0 amide bonds. The fraction of sp³-hybridized carbons (Fsp3) is 0.421. The molecule has 0 unspecified atom stereocenters. The van der Waals surface area contributed by atoms with Crippen molar-refractivity contribution in [3.63, 3.8) is 0 Å². The zero-order valence-corrected chi connectivity index (χ0v) is 18.2. The van der Waals surface area contributed by atoms with Crippen molar-refractivity contribution in [1.29, 1.82) is 0 Å². The summed E-state index contributed by atoms with van der Waals surface area (Å²) < 4.78 is 26.7. The highest BCUT2D eigenvalue weighted by atomic mass is 32.2. The van der Waals surface area contributed by atoms with Gasteiger partial charge in [0.05, 0.1) is 39.9 Å². The second-order valence-electron chi connectivity index (χ2n) is 7.56. The molecule has 0 radical (unpaired) electrons. The minimum absolute atomic E-state index is 0.0000463. The summed E-state index contributed by atoms with van der Waals surface area (Å²) in [4.78, 5) is 13.4. The van der Waals surface area contributed by atoms with E-state index in [4.69, 9.17) is 4.98 Å². The smallest absolute Gasteiger partial charge is 0.238 e. The molecule has 1 aliphatic carbocycles. The topological polar surface area (TPSA) is 137 Å². The van der Waals surface area contributed by atoms with Gasteiger partial charge in [-0.15, -0.1) is 11.3 Å². The number of hydrogen-bond acceptors (Lipinski definition) is 9. The Balaban J connectivity index is 1.79. The summed E-state index contributed by atoms with van der Waals surface area (Å²) >= 11 is 1.49. The molecule has 30 heavy (non-hydrogen) atoms. The third-order valence-electron chi connectivity index (χ3n) is 5.08. The second-order valence-corrected chi connectivity index (χ2v) is 10.3. The SMILES string of the molecule is Cc1nc(NS(C)(=O)=O)nc(N[C@@H]2C[C@H](CO)C[C@H]2O)c1-c1nc2ccccc2s1. The number of hydrogen-bond donors (Lipinski definition) is 4. The first-order valence-electron chi connectivity index (χ1n) is 9.51. The van der Waals surface area contributed by atoms with Crippen molar-refractivity contribution in [1.82, 2.24) is 15.0 Å². The number of aliphatic hydroxyl groups is 2. The predicted octanol–water partition coefficient (Wildman–Crippen LogP) is 1.98. The molecule has 3 aromatic rings. The Hall–Kier alpha value is -2.34. The standard InChI is InChI=1S/C19H23N5O4S2/c1-10-16(18-22-12-5-3-4-6-15(12)29-18)17(23-19(20-10)24-30(2,27)28)21-13-7-11(9-25)8-14(13)26/h3-6,11,13-14,25-26H,7-9H2,1-2H3,(H2,20,21,23,24)/t11-,13+,14+/m0/s1. The lowest BCUT2D eigenvalue weighted by Crippen LogP contribution is -2.29. The van der Waals surface area contributed by atoms with Crippen LogP contribution in [0.25, 0.3) is 20.8 Å². The average molecular weight is 450 g/mol. The minimum atomic E-state index is -3.56. The highest BCUT2D eigenvalue weighted by molar-refractivity contribution is 7.91. The molecule has 4 N–H and O–H groups in total. The molecule has 2 heterocycles. The van der Waals surface area contributed by atoms with Crippen LogP contribution in [0.3, 0.4) is 0 Å². The van der Waals surface area contributed by atoms with Gasteiger partial charge in [-0.3, -0.25) is 4.72 Å². The molecular weight excluding hydrogens is 426 g/mol. The molecular formula is C19H23N5O4S2. The van der Waals surface area contributed by atoms with Crippen LogP contribution >= 0.6 is 11.3 Å². The van der Waals surface area contributed by atoms with E-state index < -0.39 is 16.1 Å². The van der Waals surface area contributed by atoms with Gasteiger partial charge in [-0.1, -0.05) is 12.1 Å². The third kappa shape index (κ3) is 4.38. The van der Waals surface area contributed by atoms with Gasteiger partial charge in [0.15, 0.2) is 0 Å². The van der Waals surface area contributed by atoms with Crippen molar-refractivity contribution < 1.29 is 18.6 Å². The number of nitrogens with zero attached hydrogens (tertiary/aromatic N) is 3. The molecule has 3 atom stereocenters. The quantitative estimate of drug-likeness (QED) is 0.448. The normalized spacial score (nSPS) is 21.8. The first kappa shape index (κ1) is 20.9. The number of para-hydroxylation sites is 1. The van der Waals surface area contributed by atoms with E-state index in [-0.39, 0.29) is 24.5 Å². The summed E-state index contributed by atoms with van der Waals surface area (Å²) in [6.07, 6.45) is 1.46. The maximum absolute atomic E-state index is 11.7. The lowest BCUT2D eigenvalue weighted by molar-refractivity contribution is 0.157. The number of fused-ring (bicyclic) bond motifs is 1. The fourth-order valence-corrected chi connectivity index (χ4v) is 5.21. The van der Waals surface area contributed by atoms with Crippen LogP contribution in [-0.4, -0.2) is 58.6 Å². The summed E-state index contributed by atoms with van der Waals surface area (Å²) in [6.45, 7) is 1.77. The zero-order chi connectivity index (χ0) is 21.5. The van der Waals surface area contributed by atoms with Crippen LogP contribution in [0, 0.1) is 12.8 Å². The van der Waals surface area contributed by atoms with E-state index in [0.717, 1.165) is 16.5 Å². The van der Waals surface area contributed by atoms with E-state index in [0.29, 0.717) is 34.9 Å². The summed E-state index contributed by atoms with van der Waals surface area (Å²) in [5.74, 6) is 0.351. The van der Waals surface area contributed by atoms with E-state index >= 15 is 0 Å². The van der Waals surface area contributed by atoms with Crippen LogP contribution in [-0.2, 0) is 10.0 Å². The van der Waals surface area contributed by atoms with Crippen molar-refractivity contribution >= 4 is 43.3 Å². The molecule has 0 bridgehead atoms. The molecule has 0 saturated heterocycles. The Kier molecular flexibility index (Phi) is 5.62. The molecule has 4 rings (SSSR count). The molecule has 9 nitrogen and oxygen atoms in total. The monoisotopic (exact) mass is 449 g/mol. The van der Waals surface area contributed by atoms with Crippen LogP contribution in [0.15, 0.2) is 24.3 Å². The fourth-order valence-electron chi connectivity index (χ4n) is 3.72. The first-order chi connectivity index (χ1) is 14.2. The van der Waals surface area contributed by atoms with Crippen LogP contribution in [0.5, 0.6) is 0 Å². The van der Waals surface area contributed by atoms with Crippen molar-refractivity contribution in [3.8, 4) is 10.6 Å². The van der Waals surface area contributed by atoms with Gasteiger partial charge in [0.1, 0.15) is 10.8 Å². The summed E-state index contributed by atoms with van der Waals surface area (Å²) in [7, 11) is -3.56. The third-order valence-corrected chi connectivity index (χ3v) is 6.69. The van der Waals surface area contributed by atoms with Crippen molar-refractivity contribution in [3.05, 3.63) is 30.0 Å². The lowest BCUT2D eigenvalue weighted by Gasteiger charge is -2.20. The largest absolute Gasteiger partial charge is 0.396 e. The molecule has 1 aromatic carbocycles. The van der Waals surface area contributed by atoms with E-state index in [1.807, 2.05) is 24.3 Å². The predicted molar refractivity (Wildman–Crippen MR) is 117 cm³/mol. The van der Waals surface area contributed by atoms with Gasteiger partial charge in [-0.25, -0.2) is 18.4 Å². The van der Waals surface area contributed by atoms with Crippen molar-refractivity contribution in [2.45, 2.75) is 31.9 Å². The first-order valence-corrected chi connectivity index (χ1v) is 12.2. The van der Waals surface area contributed by atoms with Crippen LogP contribution < -0.4 is 10.0 Å². The lowest BCUT2D eigenvalue weighted by atomic mass is 10.1. The number of thiazole rings is 1. The van der Waals surface area contributed by atoms with Gasteiger partial charge in [0.25, 0.3) is 0 Å². The maximum Gasteiger partial charge on any atom is 0.238 e. The summed E-state index contributed by atoms with van der Waals surface area (Å²) in [6, 6.07) is 7.43. The number of aliphatic hydroxyl groups excluding tert-OH is 2. The maximum atomic E-state index is 11.7. The van der Waals surface area contributed by atoms with Gasteiger partial charge in [-0.05, 0) is 37.8 Å². The van der Waals surface area contributed by atoms with E-state index in [1.165, 1.54) is 11.3 Å². The number of aryl methyl sites for hydroxylation is 1. The molecule has 160 valence electrons. The van der Waals surface area contributed by atoms with Crippen LogP contribution in [0.4, 0.5) is 11.8 Å². The van der Waals surface area contributed by atoms with Crippen LogP contribution in [0.1, 0.15) is 18.5 Å². The summed E-state index contributed by atoms with van der Waals surface area (Å²) in [5.41, 5.74) is 2.07. The van der Waals surface area contributed by atoms with E-state index in [9.17, 15) is 18.6 Å². The number of anilines is 2. The number of benzene rings is 1. The van der Waals surface area contributed by atoms with Crippen molar-refractivity contribution in [2.75, 3.05) is 22.9 Å².